The van der Waals surface area contributed by atoms with Crippen LogP contribution in [0.25, 0.3) is 0 Å². The molecule has 0 aromatic heterocycles. The van der Waals surface area contributed by atoms with Crippen molar-refractivity contribution in [1.29, 1.82) is 0 Å². The first-order valence-electron chi connectivity index (χ1n) is 6.05. The first kappa shape index (κ1) is 14.6. The Kier molecular flexibility index (Phi) is 5.07. The maximum absolute atomic E-state index is 5.79. The zero-order valence-electron chi connectivity index (χ0n) is 10.3. The van der Waals surface area contributed by atoms with Crippen molar-refractivity contribution in [2.75, 3.05) is 13.2 Å². The van der Waals surface area contributed by atoms with Crippen molar-refractivity contribution in [3.63, 3.8) is 0 Å². The summed E-state index contributed by atoms with van der Waals surface area (Å²) in [4.78, 5) is 0. The Morgan fingerprint density at radius 2 is 1.89 bits per heavy atom. The van der Waals surface area contributed by atoms with Gasteiger partial charge in [-0.2, -0.15) is 0 Å². The molecule has 0 spiro atoms. The van der Waals surface area contributed by atoms with Crippen LogP contribution in [0.2, 0.25) is 0 Å². The number of nitrogens with one attached hydrogen (secondary N) is 1. The number of ether oxygens (including phenoxy) is 1. The average Bonchev–Trinajstić information content (AvgIpc) is 2.61. The van der Waals surface area contributed by atoms with Crippen molar-refractivity contribution in [1.82, 2.24) is 5.32 Å². The smallest absolute Gasteiger partial charge is 0.124 e. The van der Waals surface area contributed by atoms with Gasteiger partial charge in [0.1, 0.15) is 12.4 Å². The summed E-state index contributed by atoms with van der Waals surface area (Å²) in [6, 6.07) is 17.1. The van der Waals surface area contributed by atoms with Crippen molar-refractivity contribution in [2.24, 2.45) is 0 Å². The lowest BCUT2D eigenvalue weighted by atomic mass is 9.98. The molecule has 0 saturated carbocycles. The second-order valence-corrected chi connectivity index (χ2v) is 5.57. The quantitative estimate of drug-likeness (QED) is 0.752. The van der Waals surface area contributed by atoms with Gasteiger partial charge in [-0.15, -0.1) is 12.4 Å². The van der Waals surface area contributed by atoms with Gasteiger partial charge in [0.15, 0.2) is 0 Å². The molecule has 0 aliphatic carbocycles. The van der Waals surface area contributed by atoms with Gasteiger partial charge >= 0.3 is 0 Å². The van der Waals surface area contributed by atoms with Gasteiger partial charge in [-0.25, -0.2) is 0 Å². The van der Waals surface area contributed by atoms with E-state index in [1.165, 1.54) is 14.7 Å². The summed E-state index contributed by atoms with van der Waals surface area (Å²) in [5, 5.41) is 3.55. The first-order chi connectivity index (χ1) is 8.84. The average molecular weight is 388 g/mol. The molecule has 0 saturated heterocycles. The minimum atomic E-state index is 0. The molecular weight excluding hydrogens is 373 g/mol. The standard InChI is InChI=1S/C15H14INO.ClH/c16-12-6-7-14-13(10-12)15(17-8-9-18-14)11-4-2-1-3-5-11;/h1-7,10,15,17H,8-9H2;1H. The molecule has 2 nitrogen and oxygen atoms in total. The minimum absolute atomic E-state index is 0. The number of hydrogen-bond acceptors (Lipinski definition) is 2. The van der Waals surface area contributed by atoms with Gasteiger partial charge in [-0.3, -0.25) is 0 Å². The van der Waals surface area contributed by atoms with E-state index in [4.69, 9.17) is 4.74 Å². The maximum atomic E-state index is 5.79. The van der Waals surface area contributed by atoms with Crippen LogP contribution in [-0.2, 0) is 0 Å². The Morgan fingerprint density at radius 3 is 2.68 bits per heavy atom. The highest BCUT2D eigenvalue weighted by molar-refractivity contribution is 14.1. The summed E-state index contributed by atoms with van der Waals surface area (Å²) in [5.74, 6) is 0.995. The van der Waals surface area contributed by atoms with Crippen LogP contribution in [0, 0.1) is 3.57 Å². The number of fused-ring (bicyclic) bond motifs is 1. The SMILES string of the molecule is Cl.Ic1ccc2c(c1)C(c1ccccc1)NCCO2. The van der Waals surface area contributed by atoms with Crippen LogP contribution in [0.4, 0.5) is 0 Å². The van der Waals surface area contributed by atoms with E-state index in [1.54, 1.807) is 0 Å². The van der Waals surface area contributed by atoms with E-state index in [1.807, 2.05) is 6.07 Å². The summed E-state index contributed by atoms with van der Waals surface area (Å²) in [5.41, 5.74) is 2.51. The predicted molar refractivity (Wildman–Crippen MR) is 88.2 cm³/mol. The van der Waals surface area contributed by atoms with Gasteiger partial charge in [0.25, 0.3) is 0 Å². The number of rotatable bonds is 1. The maximum Gasteiger partial charge on any atom is 0.124 e. The molecule has 4 heteroatoms. The lowest BCUT2D eigenvalue weighted by Gasteiger charge is -2.18. The highest BCUT2D eigenvalue weighted by atomic mass is 127. The molecule has 0 amide bonds. The Bertz CT molecular complexity index is 547. The molecule has 0 radical (unpaired) electrons. The highest BCUT2D eigenvalue weighted by Crippen LogP contribution is 2.32. The monoisotopic (exact) mass is 387 g/mol. The first-order valence-corrected chi connectivity index (χ1v) is 7.13. The van der Waals surface area contributed by atoms with E-state index in [-0.39, 0.29) is 18.4 Å². The minimum Gasteiger partial charge on any atom is -0.492 e. The molecular formula is C15H15ClINO. The van der Waals surface area contributed by atoms with Gasteiger partial charge in [-0.05, 0) is 46.4 Å². The van der Waals surface area contributed by atoms with Gasteiger partial charge in [0, 0.05) is 15.7 Å². The zero-order chi connectivity index (χ0) is 12.4. The third-order valence-corrected chi connectivity index (χ3v) is 3.79. The molecule has 0 fully saturated rings. The van der Waals surface area contributed by atoms with E-state index in [0.717, 1.165) is 18.9 Å². The van der Waals surface area contributed by atoms with E-state index in [2.05, 4.69) is 70.4 Å². The molecule has 1 N–H and O–H groups in total. The topological polar surface area (TPSA) is 21.3 Å². The fraction of sp³-hybridized carbons (Fsp3) is 0.200. The lowest BCUT2D eigenvalue weighted by Crippen LogP contribution is -2.23. The van der Waals surface area contributed by atoms with Crippen molar-refractivity contribution in [3.05, 3.63) is 63.2 Å². The second-order valence-electron chi connectivity index (χ2n) is 4.33. The molecule has 100 valence electrons. The van der Waals surface area contributed by atoms with E-state index < -0.39 is 0 Å². The fourth-order valence-corrected chi connectivity index (χ4v) is 2.81. The van der Waals surface area contributed by atoms with Crippen LogP contribution < -0.4 is 10.1 Å². The van der Waals surface area contributed by atoms with Crippen molar-refractivity contribution in [3.8, 4) is 5.75 Å². The summed E-state index contributed by atoms with van der Waals surface area (Å²) in [7, 11) is 0. The number of halogens is 2. The van der Waals surface area contributed by atoms with Gasteiger partial charge in [-0.1, -0.05) is 30.3 Å². The molecule has 3 rings (SSSR count). The van der Waals surface area contributed by atoms with Crippen molar-refractivity contribution < 1.29 is 4.74 Å². The highest BCUT2D eigenvalue weighted by Gasteiger charge is 2.20. The molecule has 19 heavy (non-hydrogen) atoms. The predicted octanol–water partition coefficient (Wildman–Crippen LogP) is 3.78. The number of benzene rings is 2. The molecule has 2 aromatic carbocycles. The molecule has 1 unspecified atom stereocenters. The summed E-state index contributed by atoms with van der Waals surface area (Å²) >= 11 is 2.34. The summed E-state index contributed by atoms with van der Waals surface area (Å²) < 4.78 is 7.03. The molecule has 0 bridgehead atoms. The van der Waals surface area contributed by atoms with E-state index in [0.29, 0.717) is 0 Å². The Labute approximate surface area is 133 Å². The Balaban J connectivity index is 0.00000133. The number of hydrogen-bond donors (Lipinski definition) is 1. The van der Waals surface area contributed by atoms with Crippen LogP contribution in [0.3, 0.4) is 0 Å². The molecule has 1 aliphatic heterocycles. The lowest BCUT2D eigenvalue weighted by molar-refractivity contribution is 0.325. The van der Waals surface area contributed by atoms with Crippen LogP contribution in [-0.4, -0.2) is 13.2 Å². The van der Waals surface area contributed by atoms with Crippen LogP contribution in [0.1, 0.15) is 17.2 Å². The van der Waals surface area contributed by atoms with Crippen molar-refractivity contribution in [2.45, 2.75) is 6.04 Å². The Hall–Kier alpha value is -0.780. The van der Waals surface area contributed by atoms with Crippen LogP contribution in [0.5, 0.6) is 5.75 Å². The van der Waals surface area contributed by atoms with Gasteiger partial charge in [0.05, 0.1) is 6.04 Å². The van der Waals surface area contributed by atoms with Crippen LogP contribution >= 0.6 is 35.0 Å². The largest absolute Gasteiger partial charge is 0.492 e. The van der Waals surface area contributed by atoms with Crippen LogP contribution in [0.15, 0.2) is 48.5 Å². The fourth-order valence-electron chi connectivity index (χ4n) is 2.29. The van der Waals surface area contributed by atoms with E-state index >= 15 is 0 Å². The molecule has 1 atom stereocenters. The molecule has 2 aromatic rings. The zero-order valence-corrected chi connectivity index (χ0v) is 13.3. The van der Waals surface area contributed by atoms with Crippen molar-refractivity contribution >= 4 is 35.0 Å². The summed E-state index contributed by atoms with van der Waals surface area (Å²) in [6.07, 6.45) is 0. The van der Waals surface area contributed by atoms with Gasteiger partial charge in [0.2, 0.25) is 0 Å². The Morgan fingerprint density at radius 1 is 1.11 bits per heavy atom. The third-order valence-electron chi connectivity index (χ3n) is 3.12. The molecule has 1 aliphatic rings. The molecule has 1 heterocycles. The van der Waals surface area contributed by atoms with Gasteiger partial charge < -0.3 is 10.1 Å². The van der Waals surface area contributed by atoms with E-state index in [9.17, 15) is 0 Å². The second kappa shape index (κ2) is 6.59. The third kappa shape index (κ3) is 3.22. The normalized spacial score (nSPS) is 17.6. The summed E-state index contributed by atoms with van der Waals surface area (Å²) in [6.45, 7) is 1.59.